The summed E-state index contributed by atoms with van der Waals surface area (Å²) in [5.74, 6) is 0.444. The van der Waals surface area contributed by atoms with Crippen LogP contribution in [0, 0.1) is 13.8 Å². The number of benzene rings is 2. The Morgan fingerprint density at radius 1 is 0.903 bits per heavy atom. The highest BCUT2D eigenvalue weighted by Crippen LogP contribution is 2.23. The van der Waals surface area contributed by atoms with Gasteiger partial charge in [-0.15, -0.1) is 0 Å². The number of unbranched alkanes of at least 4 members (excludes halogenated alkanes) is 5. The van der Waals surface area contributed by atoms with Gasteiger partial charge >= 0.3 is 0 Å². The SMILES string of the molecule is CCCCCCCCc1c(C)nn(C(=O)c2ccccc2OCc2ccccc2)c1C. The van der Waals surface area contributed by atoms with Crippen LogP contribution in [-0.4, -0.2) is 15.7 Å². The molecule has 4 nitrogen and oxygen atoms in total. The summed E-state index contributed by atoms with van der Waals surface area (Å²) in [7, 11) is 0. The van der Waals surface area contributed by atoms with Crippen LogP contribution < -0.4 is 4.74 Å². The maximum Gasteiger partial charge on any atom is 0.282 e. The number of carbonyl (C=O) groups is 1. The van der Waals surface area contributed by atoms with Crippen LogP contribution in [0.15, 0.2) is 54.6 Å². The minimum Gasteiger partial charge on any atom is -0.488 e. The van der Waals surface area contributed by atoms with Crippen molar-refractivity contribution in [3.8, 4) is 5.75 Å². The molecule has 1 heterocycles. The Balaban J connectivity index is 1.70. The molecule has 0 aliphatic carbocycles. The third-order valence-electron chi connectivity index (χ3n) is 5.77. The van der Waals surface area contributed by atoms with E-state index in [0.29, 0.717) is 17.9 Å². The number of hydrogen-bond donors (Lipinski definition) is 0. The maximum absolute atomic E-state index is 13.3. The Kier molecular flexibility index (Phi) is 8.45. The van der Waals surface area contributed by atoms with Crippen molar-refractivity contribution < 1.29 is 9.53 Å². The number of para-hydroxylation sites is 1. The van der Waals surface area contributed by atoms with E-state index in [2.05, 4.69) is 12.0 Å². The van der Waals surface area contributed by atoms with Gasteiger partial charge in [-0.2, -0.15) is 5.10 Å². The second kappa shape index (κ2) is 11.5. The van der Waals surface area contributed by atoms with E-state index >= 15 is 0 Å². The first kappa shape index (κ1) is 22.8. The second-order valence-electron chi connectivity index (χ2n) is 8.15. The van der Waals surface area contributed by atoms with E-state index in [-0.39, 0.29) is 5.91 Å². The Morgan fingerprint density at radius 3 is 2.35 bits per heavy atom. The van der Waals surface area contributed by atoms with E-state index in [9.17, 15) is 4.79 Å². The van der Waals surface area contributed by atoms with E-state index in [0.717, 1.165) is 29.8 Å². The molecule has 1 aromatic heterocycles. The van der Waals surface area contributed by atoms with Gasteiger partial charge in [-0.05, 0) is 49.9 Å². The standard InChI is InChI=1S/C27H34N2O2/c1-4-5-6-7-8-12-17-24-21(2)28-29(22(24)3)27(30)25-18-13-14-19-26(25)31-20-23-15-10-9-11-16-23/h9-11,13-16,18-19H,4-8,12,17,20H2,1-3H3. The lowest BCUT2D eigenvalue weighted by atomic mass is 10.0. The van der Waals surface area contributed by atoms with E-state index in [4.69, 9.17) is 4.74 Å². The van der Waals surface area contributed by atoms with Gasteiger partial charge < -0.3 is 4.74 Å². The first-order valence-electron chi connectivity index (χ1n) is 11.5. The highest BCUT2D eigenvalue weighted by atomic mass is 16.5. The quantitative estimate of drug-likeness (QED) is 0.327. The zero-order valence-electron chi connectivity index (χ0n) is 19.1. The molecular formula is C27H34N2O2. The molecule has 0 atom stereocenters. The number of carbonyl (C=O) groups excluding carboxylic acids is 1. The highest BCUT2D eigenvalue weighted by molar-refractivity contribution is 5.98. The Morgan fingerprint density at radius 2 is 1.58 bits per heavy atom. The summed E-state index contributed by atoms with van der Waals surface area (Å²) in [6.07, 6.45) is 8.52. The molecule has 0 radical (unpaired) electrons. The predicted octanol–water partition coefficient (Wildman–Crippen LogP) is 6.67. The van der Waals surface area contributed by atoms with Gasteiger partial charge in [0.15, 0.2) is 0 Å². The summed E-state index contributed by atoms with van der Waals surface area (Å²) >= 11 is 0. The molecule has 0 unspecified atom stereocenters. The average molecular weight is 419 g/mol. The van der Waals surface area contributed by atoms with Gasteiger partial charge in [-0.1, -0.05) is 81.5 Å². The molecule has 0 amide bonds. The minimum absolute atomic E-state index is 0.140. The molecular weight excluding hydrogens is 384 g/mol. The van der Waals surface area contributed by atoms with Crippen molar-refractivity contribution in [1.29, 1.82) is 0 Å². The van der Waals surface area contributed by atoms with E-state index in [1.807, 2.05) is 68.4 Å². The monoisotopic (exact) mass is 418 g/mol. The zero-order chi connectivity index (χ0) is 22.1. The molecule has 0 N–H and O–H groups in total. The third-order valence-corrected chi connectivity index (χ3v) is 5.77. The van der Waals surface area contributed by atoms with E-state index in [1.165, 1.54) is 37.7 Å². The van der Waals surface area contributed by atoms with Crippen LogP contribution in [0.1, 0.15) is 78.3 Å². The highest BCUT2D eigenvalue weighted by Gasteiger charge is 2.20. The largest absolute Gasteiger partial charge is 0.488 e. The molecule has 3 aromatic rings. The number of aryl methyl sites for hydroxylation is 1. The van der Waals surface area contributed by atoms with Gasteiger partial charge in [-0.25, -0.2) is 4.68 Å². The van der Waals surface area contributed by atoms with Crippen molar-refractivity contribution in [2.24, 2.45) is 0 Å². The number of nitrogens with zero attached hydrogens (tertiary/aromatic N) is 2. The summed E-state index contributed by atoms with van der Waals surface area (Å²) in [5, 5.41) is 4.59. The van der Waals surface area contributed by atoms with Crippen molar-refractivity contribution in [3.63, 3.8) is 0 Å². The smallest absolute Gasteiger partial charge is 0.282 e. The number of ether oxygens (including phenoxy) is 1. The predicted molar refractivity (Wildman–Crippen MR) is 126 cm³/mol. The molecule has 0 aliphatic heterocycles. The number of hydrogen-bond acceptors (Lipinski definition) is 3. The van der Waals surface area contributed by atoms with Crippen molar-refractivity contribution in [1.82, 2.24) is 9.78 Å². The minimum atomic E-state index is -0.140. The van der Waals surface area contributed by atoms with Crippen molar-refractivity contribution in [3.05, 3.63) is 82.7 Å². The maximum atomic E-state index is 13.3. The van der Waals surface area contributed by atoms with Crippen LogP contribution in [-0.2, 0) is 13.0 Å². The van der Waals surface area contributed by atoms with E-state index < -0.39 is 0 Å². The molecule has 0 bridgehead atoms. The fourth-order valence-corrected chi connectivity index (χ4v) is 3.94. The van der Waals surface area contributed by atoms with Crippen molar-refractivity contribution >= 4 is 5.91 Å². The molecule has 2 aromatic carbocycles. The van der Waals surface area contributed by atoms with Gasteiger partial charge in [-0.3, -0.25) is 4.79 Å². The summed E-state index contributed by atoms with van der Waals surface area (Å²) in [5.41, 5.74) is 4.69. The second-order valence-corrected chi connectivity index (χ2v) is 8.15. The van der Waals surface area contributed by atoms with Crippen molar-refractivity contribution in [2.75, 3.05) is 0 Å². The molecule has 0 saturated carbocycles. The molecule has 164 valence electrons. The molecule has 0 saturated heterocycles. The summed E-state index contributed by atoms with van der Waals surface area (Å²) in [6.45, 7) is 6.66. The number of rotatable bonds is 11. The fraction of sp³-hybridized carbons (Fsp3) is 0.407. The summed E-state index contributed by atoms with van der Waals surface area (Å²) in [4.78, 5) is 13.3. The topological polar surface area (TPSA) is 44.1 Å². The lowest BCUT2D eigenvalue weighted by Crippen LogP contribution is -2.17. The Bertz CT molecular complexity index is 976. The molecule has 0 fully saturated rings. The fourth-order valence-electron chi connectivity index (χ4n) is 3.94. The molecule has 0 aliphatic rings. The molecule has 31 heavy (non-hydrogen) atoms. The van der Waals surface area contributed by atoms with Crippen LogP contribution in [0.3, 0.4) is 0 Å². The molecule has 4 heteroatoms. The first-order valence-corrected chi connectivity index (χ1v) is 11.5. The van der Waals surface area contributed by atoms with Gasteiger partial charge in [0.1, 0.15) is 12.4 Å². The lowest BCUT2D eigenvalue weighted by Gasteiger charge is -2.11. The molecule has 0 spiro atoms. The van der Waals surface area contributed by atoms with Crippen LogP contribution in [0.4, 0.5) is 0 Å². The Hall–Kier alpha value is -2.88. The van der Waals surface area contributed by atoms with Crippen LogP contribution >= 0.6 is 0 Å². The van der Waals surface area contributed by atoms with Gasteiger partial charge in [0.25, 0.3) is 5.91 Å². The lowest BCUT2D eigenvalue weighted by molar-refractivity contribution is 0.0937. The Labute approximate surface area is 186 Å². The number of aromatic nitrogens is 2. The summed E-state index contributed by atoms with van der Waals surface area (Å²) in [6, 6.07) is 17.4. The van der Waals surface area contributed by atoms with Gasteiger partial charge in [0.2, 0.25) is 0 Å². The first-order chi connectivity index (χ1) is 15.1. The third kappa shape index (κ3) is 6.06. The van der Waals surface area contributed by atoms with Crippen LogP contribution in [0.25, 0.3) is 0 Å². The van der Waals surface area contributed by atoms with Gasteiger partial charge in [0.05, 0.1) is 11.3 Å². The summed E-state index contributed by atoms with van der Waals surface area (Å²) < 4.78 is 7.54. The van der Waals surface area contributed by atoms with Crippen molar-refractivity contribution in [2.45, 2.75) is 72.3 Å². The normalized spacial score (nSPS) is 10.9. The van der Waals surface area contributed by atoms with Crippen LogP contribution in [0.5, 0.6) is 5.75 Å². The molecule has 3 rings (SSSR count). The van der Waals surface area contributed by atoms with E-state index in [1.54, 1.807) is 4.68 Å². The zero-order valence-corrected chi connectivity index (χ0v) is 19.1. The average Bonchev–Trinajstić information content (AvgIpc) is 3.08. The van der Waals surface area contributed by atoms with Gasteiger partial charge in [0, 0.05) is 5.69 Å². The van der Waals surface area contributed by atoms with Crippen LogP contribution in [0.2, 0.25) is 0 Å².